The van der Waals surface area contributed by atoms with Crippen LogP contribution < -0.4 is 0 Å². The van der Waals surface area contributed by atoms with Crippen LogP contribution in [-0.4, -0.2) is 26.1 Å². The number of benzene rings is 1. The highest BCUT2D eigenvalue weighted by Crippen LogP contribution is 2.20. The summed E-state index contributed by atoms with van der Waals surface area (Å²) in [7, 11) is -2.34. The fraction of sp³-hybridized carbons (Fsp3) is 0.154. The van der Waals surface area contributed by atoms with Crippen molar-refractivity contribution < 1.29 is 17.6 Å². The van der Waals surface area contributed by atoms with Crippen molar-refractivity contribution in [3.05, 3.63) is 52.7 Å². The first-order valence-corrected chi connectivity index (χ1v) is 7.51. The number of furan rings is 1. The molecule has 0 radical (unpaired) electrons. The average Bonchev–Trinajstić information content (AvgIpc) is 2.88. The molecule has 7 heteroatoms. The minimum atomic E-state index is -3.77. The molecule has 0 aliphatic carbocycles. The molecule has 0 spiro atoms. The Morgan fingerprint density at radius 2 is 2.05 bits per heavy atom. The van der Waals surface area contributed by atoms with Gasteiger partial charge in [-0.25, -0.2) is 8.42 Å². The minimum absolute atomic E-state index is 0.0280. The third-order valence-electron chi connectivity index (χ3n) is 2.68. The highest BCUT2D eigenvalue weighted by Gasteiger charge is 2.24. The lowest BCUT2D eigenvalue weighted by Gasteiger charge is -2.15. The third-order valence-corrected chi connectivity index (χ3v) is 4.59. The molecule has 1 aromatic carbocycles. The zero-order chi connectivity index (χ0) is 14.8. The van der Waals surface area contributed by atoms with Crippen molar-refractivity contribution in [3.8, 4) is 0 Å². The van der Waals surface area contributed by atoms with Gasteiger partial charge in [0.05, 0.1) is 0 Å². The van der Waals surface area contributed by atoms with Crippen LogP contribution in [0.1, 0.15) is 16.1 Å². The summed E-state index contributed by atoms with van der Waals surface area (Å²) >= 11 is 5.86. The fourth-order valence-corrected chi connectivity index (χ4v) is 2.95. The minimum Gasteiger partial charge on any atom is -0.440 e. The van der Waals surface area contributed by atoms with E-state index in [4.69, 9.17) is 16.0 Å². The number of carbonyl (C=O) groups excluding carboxylic acids is 1. The van der Waals surface area contributed by atoms with Crippen LogP contribution in [0, 0.1) is 0 Å². The molecule has 0 amide bonds. The van der Waals surface area contributed by atoms with Gasteiger partial charge in [0.1, 0.15) is 0 Å². The maximum atomic E-state index is 12.2. The second-order valence-electron chi connectivity index (χ2n) is 4.17. The van der Waals surface area contributed by atoms with E-state index in [2.05, 4.69) is 0 Å². The van der Waals surface area contributed by atoms with Crippen LogP contribution in [0.15, 0.2) is 45.9 Å². The van der Waals surface area contributed by atoms with E-state index in [-0.39, 0.29) is 17.4 Å². The number of aldehydes is 1. The van der Waals surface area contributed by atoms with E-state index in [1.807, 2.05) is 0 Å². The number of hydrogen-bond donors (Lipinski definition) is 0. The largest absolute Gasteiger partial charge is 0.440 e. The molecule has 2 rings (SSSR count). The Morgan fingerprint density at radius 3 is 2.65 bits per heavy atom. The number of nitrogens with zero attached hydrogens (tertiary/aromatic N) is 1. The molecule has 0 atom stereocenters. The van der Waals surface area contributed by atoms with Crippen LogP contribution >= 0.6 is 11.6 Å². The van der Waals surface area contributed by atoms with Crippen LogP contribution in [-0.2, 0) is 16.6 Å². The Morgan fingerprint density at radius 1 is 1.30 bits per heavy atom. The summed E-state index contributed by atoms with van der Waals surface area (Å²) < 4.78 is 30.6. The Hall–Kier alpha value is -1.63. The maximum absolute atomic E-state index is 12.2. The number of rotatable bonds is 5. The molecule has 0 unspecified atom stereocenters. The zero-order valence-corrected chi connectivity index (χ0v) is 12.2. The highest BCUT2D eigenvalue weighted by atomic mass is 35.5. The molecule has 0 aliphatic rings. The zero-order valence-electron chi connectivity index (χ0n) is 10.6. The van der Waals surface area contributed by atoms with Crippen LogP contribution in [0.2, 0.25) is 5.02 Å². The number of halogens is 1. The van der Waals surface area contributed by atoms with Gasteiger partial charge in [0.2, 0.25) is 5.09 Å². The number of carbonyl (C=O) groups is 1. The Bertz CT molecular complexity index is 723. The monoisotopic (exact) mass is 313 g/mol. The second kappa shape index (κ2) is 5.78. The summed E-state index contributed by atoms with van der Waals surface area (Å²) in [5.74, 6) is -0.0280. The Kier molecular flexibility index (Phi) is 4.27. The van der Waals surface area contributed by atoms with Crippen molar-refractivity contribution >= 4 is 27.9 Å². The van der Waals surface area contributed by atoms with Crippen LogP contribution in [0.4, 0.5) is 0 Å². The number of sulfonamides is 1. The van der Waals surface area contributed by atoms with Crippen molar-refractivity contribution in [2.75, 3.05) is 7.05 Å². The van der Waals surface area contributed by atoms with Gasteiger partial charge in [0.15, 0.2) is 12.0 Å². The molecule has 1 aromatic heterocycles. The summed E-state index contributed by atoms with van der Waals surface area (Å²) in [5.41, 5.74) is 0.755. The Balaban J connectivity index is 2.23. The molecule has 20 heavy (non-hydrogen) atoms. The van der Waals surface area contributed by atoms with Gasteiger partial charge in [-0.05, 0) is 29.8 Å². The normalized spacial score (nSPS) is 11.8. The fourth-order valence-electron chi connectivity index (χ4n) is 1.67. The van der Waals surface area contributed by atoms with Gasteiger partial charge in [-0.2, -0.15) is 4.31 Å². The van der Waals surface area contributed by atoms with Gasteiger partial charge < -0.3 is 4.42 Å². The summed E-state index contributed by atoms with van der Waals surface area (Å²) in [6.45, 7) is 0.153. The van der Waals surface area contributed by atoms with E-state index in [1.54, 1.807) is 24.3 Å². The molecular formula is C13H12ClNO4S. The smallest absolute Gasteiger partial charge is 0.276 e. The number of hydrogen-bond acceptors (Lipinski definition) is 4. The van der Waals surface area contributed by atoms with Crippen molar-refractivity contribution in [1.82, 2.24) is 4.31 Å². The molecule has 0 aliphatic heterocycles. The van der Waals surface area contributed by atoms with Gasteiger partial charge in [0.25, 0.3) is 10.0 Å². The topological polar surface area (TPSA) is 67.6 Å². The van der Waals surface area contributed by atoms with Crippen molar-refractivity contribution in [1.29, 1.82) is 0 Å². The predicted octanol–water partition coefficient (Wildman–Crippen LogP) is 2.57. The van der Waals surface area contributed by atoms with Gasteiger partial charge in [0, 0.05) is 18.6 Å². The van der Waals surface area contributed by atoms with Crippen LogP contribution in [0.3, 0.4) is 0 Å². The van der Waals surface area contributed by atoms with Crippen LogP contribution in [0.25, 0.3) is 0 Å². The first kappa shape index (κ1) is 14.8. The van der Waals surface area contributed by atoms with E-state index in [9.17, 15) is 13.2 Å². The quantitative estimate of drug-likeness (QED) is 0.796. The van der Waals surface area contributed by atoms with Crippen molar-refractivity contribution in [2.24, 2.45) is 0 Å². The van der Waals surface area contributed by atoms with E-state index in [0.29, 0.717) is 11.3 Å². The molecular weight excluding hydrogens is 302 g/mol. The molecule has 2 aromatic rings. The first-order chi connectivity index (χ1) is 9.43. The predicted molar refractivity (Wildman–Crippen MR) is 74.2 cm³/mol. The van der Waals surface area contributed by atoms with E-state index < -0.39 is 10.0 Å². The van der Waals surface area contributed by atoms with Gasteiger partial charge in [-0.15, -0.1) is 0 Å². The lowest BCUT2D eigenvalue weighted by atomic mass is 10.2. The standard InChI is InChI=1S/C13H12ClNO4S/c1-15(8-10-3-2-4-11(14)7-10)20(17,18)13-6-5-12(9-16)19-13/h2-7,9H,8H2,1H3. The highest BCUT2D eigenvalue weighted by molar-refractivity contribution is 7.88. The van der Waals surface area contributed by atoms with Crippen LogP contribution in [0.5, 0.6) is 0 Å². The van der Waals surface area contributed by atoms with Gasteiger partial charge in [-0.1, -0.05) is 23.7 Å². The van der Waals surface area contributed by atoms with E-state index >= 15 is 0 Å². The Labute approximate surface area is 121 Å². The average molecular weight is 314 g/mol. The molecule has 5 nitrogen and oxygen atoms in total. The van der Waals surface area contributed by atoms with E-state index in [0.717, 1.165) is 9.87 Å². The molecule has 0 bridgehead atoms. The molecule has 0 saturated carbocycles. The lowest BCUT2D eigenvalue weighted by Crippen LogP contribution is -2.26. The molecule has 1 heterocycles. The van der Waals surface area contributed by atoms with E-state index in [1.165, 1.54) is 19.2 Å². The molecule has 106 valence electrons. The third kappa shape index (κ3) is 3.09. The summed E-state index contributed by atoms with van der Waals surface area (Å²) in [6.07, 6.45) is 0.454. The SMILES string of the molecule is CN(Cc1cccc(Cl)c1)S(=O)(=O)c1ccc(C=O)o1. The second-order valence-corrected chi connectivity index (χ2v) is 6.58. The lowest BCUT2D eigenvalue weighted by molar-refractivity contribution is 0.109. The van der Waals surface area contributed by atoms with Crippen molar-refractivity contribution in [2.45, 2.75) is 11.6 Å². The summed E-state index contributed by atoms with van der Waals surface area (Å²) in [4.78, 5) is 10.5. The van der Waals surface area contributed by atoms with Gasteiger partial charge >= 0.3 is 0 Å². The summed E-state index contributed by atoms with van der Waals surface area (Å²) in [5, 5.41) is 0.277. The first-order valence-electron chi connectivity index (χ1n) is 5.69. The van der Waals surface area contributed by atoms with Gasteiger partial charge in [-0.3, -0.25) is 4.79 Å². The van der Waals surface area contributed by atoms with Crippen molar-refractivity contribution in [3.63, 3.8) is 0 Å². The maximum Gasteiger partial charge on any atom is 0.276 e. The molecule has 0 fully saturated rings. The molecule has 0 N–H and O–H groups in total. The molecule has 0 saturated heterocycles. The summed E-state index contributed by atoms with van der Waals surface area (Å²) in [6, 6.07) is 9.49.